The lowest BCUT2D eigenvalue weighted by Crippen LogP contribution is -2.45. The van der Waals surface area contributed by atoms with E-state index in [1.54, 1.807) is 0 Å². The van der Waals surface area contributed by atoms with Crippen molar-refractivity contribution >= 4 is 23.2 Å². The molecular weight excluding hydrogens is 336 g/mol. The fourth-order valence-corrected chi connectivity index (χ4v) is 3.19. The molecule has 1 atom stereocenters. The van der Waals surface area contributed by atoms with Gasteiger partial charge >= 0.3 is 0 Å². The van der Waals surface area contributed by atoms with Crippen molar-refractivity contribution in [2.75, 3.05) is 18.1 Å². The summed E-state index contributed by atoms with van der Waals surface area (Å²) in [6, 6.07) is 15.8. The third-order valence-electron chi connectivity index (χ3n) is 4.29. The average Bonchev–Trinajstić information content (AvgIpc) is 2.63. The van der Waals surface area contributed by atoms with Crippen LogP contribution in [0.2, 0.25) is 5.02 Å². The standard InChI is InChI=1S/C20H23ClN2O2/c1-2-10-22-20(24)12-17-14-25-19-9-8-16(21)11-18(19)23(17)13-15-6-4-3-5-7-15/h3-9,11,17H,2,10,12-14H2,1H3,(H,22,24). The number of amides is 1. The van der Waals surface area contributed by atoms with Crippen molar-refractivity contribution in [1.82, 2.24) is 5.32 Å². The molecule has 1 unspecified atom stereocenters. The van der Waals surface area contributed by atoms with Gasteiger partial charge in [0, 0.05) is 18.1 Å². The van der Waals surface area contributed by atoms with E-state index in [1.165, 1.54) is 5.56 Å². The maximum Gasteiger partial charge on any atom is 0.222 e. The van der Waals surface area contributed by atoms with E-state index < -0.39 is 0 Å². The number of rotatable bonds is 6. The molecular formula is C20H23ClN2O2. The van der Waals surface area contributed by atoms with Crippen LogP contribution in [-0.4, -0.2) is 25.1 Å². The normalized spacial score (nSPS) is 16.1. The van der Waals surface area contributed by atoms with E-state index in [0.717, 1.165) is 17.9 Å². The minimum absolute atomic E-state index is 0.0250. The number of nitrogens with zero attached hydrogens (tertiary/aromatic N) is 1. The van der Waals surface area contributed by atoms with Gasteiger partial charge in [-0.25, -0.2) is 0 Å². The third kappa shape index (κ3) is 4.45. The van der Waals surface area contributed by atoms with Gasteiger partial charge in [-0.15, -0.1) is 0 Å². The van der Waals surface area contributed by atoms with Crippen LogP contribution in [0.3, 0.4) is 0 Å². The number of anilines is 1. The van der Waals surface area contributed by atoms with Crippen molar-refractivity contribution in [3.63, 3.8) is 0 Å². The van der Waals surface area contributed by atoms with Gasteiger partial charge in [0.1, 0.15) is 12.4 Å². The molecule has 1 N–H and O–H groups in total. The molecule has 0 aliphatic carbocycles. The third-order valence-corrected chi connectivity index (χ3v) is 4.53. The Kier molecular flexibility index (Phi) is 5.82. The van der Waals surface area contributed by atoms with E-state index in [9.17, 15) is 4.79 Å². The Bertz CT molecular complexity index is 721. The summed E-state index contributed by atoms with van der Waals surface area (Å²) in [7, 11) is 0. The predicted molar refractivity (Wildman–Crippen MR) is 101 cm³/mol. The molecule has 0 saturated heterocycles. The van der Waals surface area contributed by atoms with E-state index in [4.69, 9.17) is 16.3 Å². The lowest BCUT2D eigenvalue weighted by molar-refractivity contribution is -0.121. The Morgan fingerprint density at radius 3 is 2.84 bits per heavy atom. The molecule has 0 radical (unpaired) electrons. The quantitative estimate of drug-likeness (QED) is 0.847. The van der Waals surface area contributed by atoms with E-state index in [-0.39, 0.29) is 11.9 Å². The van der Waals surface area contributed by atoms with Gasteiger partial charge in [-0.05, 0) is 30.2 Å². The molecule has 132 valence electrons. The second-order valence-corrected chi connectivity index (χ2v) is 6.68. The smallest absolute Gasteiger partial charge is 0.222 e. The van der Waals surface area contributed by atoms with Gasteiger partial charge in [-0.1, -0.05) is 48.9 Å². The van der Waals surface area contributed by atoms with Crippen LogP contribution in [0.25, 0.3) is 0 Å². The lowest BCUT2D eigenvalue weighted by Gasteiger charge is -2.38. The SMILES string of the molecule is CCCNC(=O)CC1COc2ccc(Cl)cc2N1Cc1ccccc1. The van der Waals surface area contributed by atoms with E-state index in [1.807, 2.05) is 43.3 Å². The van der Waals surface area contributed by atoms with Crippen molar-refractivity contribution < 1.29 is 9.53 Å². The average molecular weight is 359 g/mol. The highest BCUT2D eigenvalue weighted by atomic mass is 35.5. The van der Waals surface area contributed by atoms with E-state index in [2.05, 4.69) is 22.3 Å². The topological polar surface area (TPSA) is 41.6 Å². The zero-order valence-electron chi connectivity index (χ0n) is 14.4. The zero-order valence-corrected chi connectivity index (χ0v) is 15.1. The highest BCUT2D eigenvalue weighted by molar-refractivity contribution is 6.31. The van der Waals surface area contributed by atoms with Crippen LogP contribution < -0.4 is 15.0 Å². The number of carbonyl (C=O) groups is 1. The molecule has 2 aromatic rings. The number of carbonyl (C=O) groups excluding carboxylic acids is 1. The maximum absolute atomic E-state index is 12.2. The number of benzene rings is 2. The van der Waals surface area contributed by atoms with Gasteiger partial charge in [0.15, 0.2) is 0 Å². The highest BCUT2D eigenvalue weighted by Gasteiger charge is 2.29. The van der Waals surface area contributed by atoms with Crippen molar-refractivity contribution in [3.8, 4) is 5.75 Å². The van der Waals surface area contributed by atoms with Crippen molar-refractivity contribution in [1.29, 1.82) is 0 Å². The Labute approximate surface area is 153 Å². The van der Waals surface area contributed by atoms with Crippen LogP contribution in [-0.2, 0) is 11.3 Å². The Balaban J connectivity index is 1.85. The number of hydrogen-bond donors (Lipinski definition) is 1. The van der Waals surface area contributed by atoms with Crippen LogP contribution in [0.15, 0.2) is 48.5 Å². The minimum Gasteiger partial charge on any atom is -0.489 e. The predicted octanol–water partition coefficient (Wildman–Crippen LogP) is 4.02. The van der Waals surface area contributed by atoms with Crippen LogP contribution in [0.5, 0.6) is 5.75 Å². The summed E-state index contributed by atoms with van der Waals surface area (Å²) in [4.78, 5) is 14.5. The van der Waals surface area contributed by atoms with Crippen molar-refractivity contribution in [2.24, 2.45) is 0 Å². The molecule has 5 heteroatoms. The van der Waals surface area contributed by atoms with Gasteiger partial charge in [0.05, 0.1) is 18.2 Å². The van der Waals surface area contributed by atoms with Crippen molar-refractivity contribution in [3.05, 3.63) is 59.1 Å². The molecule has 4 nitrogen and oxygen atoms in total. The molecule has 0 aromatic heterocycles. The van der Waals surface area contributed by atoms with Gasteiger partial charge < -0.3 is 15.0 Å². The summed E-state index contributed by atoms with van der Waals surface area (Å²) >= 11 is 6.21. The minimum atomic E-state index is -0.0250. The molecule has 3 rings (SSSR count). The molecule has 0 saturated carbocycles. The molecule has 0 fully saturated rings. The molecule has 1 amide bonds. The number of ether oxygens (including phenoxy) is 1. The summed E-state index contributed by atoms with van der Waals surface area (Å²) in [6.07, 6.45) is 1.33. The first-order valence-corrected chi connectivity index (χ1v) is 9.04. The first-order valence-electron chi connectivity index (χ1n) is 8.67. The lowest BCUT2D eigenvalue weighted by atomic mass is 10.1. The van der Waals surface area contributed by atoms with Gasteiger partial charge in [0.25, 0.3) is 0 Å². The van der Waals surface area contributed by atoms with Crippen molar-refractivity contribution in [2.45, 2.75) is 32.4 Å². The van der Waals surface area contributed by atoms with Crippen LogP contribution in [0.4, 0.5) is 5.69 Å². The van der Waals surface area contributed by atoms with Crippen LogP contribution in [0, 0.1) is 0 Å². The number of fused-ring (bicyclic) bond motifs is 1. The zero-order chi connectivity index (χ0) is 17.6. The summed E-state index contributed by atoms with van der Waals surface area (Å²) < 4.78 is 5.88. The van der Waals surface area contributed by atoms with E-state index in [0.29, 0.717) is 31.1 Å². The van der Waals surface area contributed by atoms with Gasteiger partial charge in [0.2, 0.25) is 5.91 Å². The summed E-state index contributed by atoms with van der Waals surface area (Å²) in [5.41, 5.74) is 2.13. The maximum atomic E-state index is 12.2. The van der Waals surface area contributed by atoms with Gasteiger partial charge in [-0.2, -0.15) is 0 Å². The second kappa shape index (κ2) is 8.26. The molecule has 0 bridgehead atoms. The number of nitrogens with one attached hydrogen (secondary N) is 1. The summed E-state index contributed by atoms with van der Waals surface area (Å²) in [5.74, 6) is 0.865. The van der Waals surface area contributed by atoms with Crippen LogP contribution in [0.1, 0.15) is 25.3 Å². The molecule has 25 heavy (non-hydrogen) atoms. The number of hydrogen-bond acceptors (Lipinski definition) is 3. The highest BCUT2D eigenvalue weighted by Crippen LogP contribution is 2.37. The molecule has 0 spiro atoms. The molecule has 1 aliphatic heterocycles. The van der Waals surface area contributed by atoms with Gasteiger partial charge in [-0.3, -0.25) is 4.79 Å². The van der Waals surface area contributed by atoms with Crippen LogP contribution >= 0.6 is 11.6 Å². The first kappa shape index (κ1) is 17.6. The second-order valence-electron chi connectivity index (χ2n) is 6.24. The van der Waals surface area contributed by atoms with E-state index >= 15 is 0 Å². The summed E-state index contributed by atoms with van der Waals surface area (Å²) in [6.45, 7) is 3.95. The Morgan fingerprint density at radius 2 is 2.08 bits per heavy atom. The molecule has 1 heterocycles. The Morgan fingerprint density at radius 1 is 1.28 bits per heavy atom. The molecule has 2 aromatic carbocycles. The first-order chi connectivity index (χ1) is 12.2. The largest absolute Gasteiger partial charge is 0.489 e. The monoisotopic (exact) mass is 358 g/mol. The fraction of sp³-hybridized carbons (Fsp3) is 0.350. The molecule has 1 aliphatic rings. The summed E-state index contributed by atoms with van der Waals surface area (Å²) in [5, 5.41) is 3.62. The fourth-order valence-electron chi connectivity index (χ4n) is 3.02. The number of halogens is 1. The Hall–Kier alpha value is -2.20.